The van der Waals surface area contributed by atoms with Crippen LogP contribution in [0.25, 0.3) is 0 Å². The van der Waals surface area contributed by atoms with Crippen molar-refractivity contribution in [2.75, 3.05) is 26.0 Å². The zero-order valence-electron chi connectivity index (χ0n) is 10.1. The third-order valence-electron chi connectivity index (χ3n) is 2.32. The van der Waals surface area contributed by atoms with E-state index in [9.17, 15) is 0 Å². The molecule has 0 aliphatic rings. The average molecular weight is 207 g/mol. The van der Waals surface area contributed by atoms with Gasteiger partial charge in [-0.05, 0) is 58.6 Å². The molecule has 0 aliphatic carbocycles. The highest BCUT2D eigenvalue weighted by molar-refractivity contribution is 5.37. The third-order valence-corrected chi connectivity index (χ3v) is 2.32. The molecular formula is C12H21N3. The molecule has 1 heterocycles. The Bertz CT molecular complexity index is 297. The van der Waals surface area contributed by atoms with Crippen LogP contribution in [0.2, 0.25) is 0 Å². The Balaban J connectivity index is 2.40. The minimum absolute atomic E-state index is 0.460. The van der Waals surface area contributed by atoms with E-state index in [0.29, 0.717) is 6.04 Å². The lowest BCUT2D eigenvalue weighted by molar-refractivity contribution is 0.390. The number of aromatic nitrogens is 1. The second-order valence-corrected chi connectivity index (χ2v) is 4.36. The van der Waals surface area contributed by atoms with E-state index in [2.05, 4.69) is 49.2 Å². The lowest BCUT2D eigenvalue weighted by atomic mass is 10.2. The lowest BCUT2D eigenvalue weighted by Gasteiger charge is -2.17. The molecule has 0 radical (unpaired) electrons. The van der Waals surface area contributed by atoms with E-state index < -0.39 is 0 Å². The molecule has 15 heavy (non-hydrogen) atoms. The Morgan fingerprint density at radius 3 is 2.80 bits per heavy atom. The molecule has 0 amide bonds. The number of hydrogen-bond donors (Lipinski definition) is 1. The summed E-state index contributed by atoms with van der Waals surface area (Å²) in [6, 6.07) is 4.55. The summed E-state index contributed by atoms with van der Waals surface area (Å²) in [5.41, 5.74) is 1.24. The van der Waals surface area contributed by atoms with E-state index in [0.717, 1.165) is 18.8 Å². The number of rotatable bonds is 5. The number of hydrogen-bond acceptors (Lipinski definition) is 3. The van der Waals surface area contributed by atoms with Gasteiger partial charge in [0, 0.05) is 12.2 Å². The van der Waals surface area contributed by atoms with Crippen LogP contribution < -0.4 is 5.32 Å². The maximum Gasteiger partial charge on any atom is 0.126 e. The van der Waals surface area contributed by atoms with Crippen molar-refractivity contribution in [1.29, 1.82) is 0 Å². The van der Waals surface area contributed by atoms with Gasteiger partial charge in [-0.25, -0.2) is 4.98 Å². The van der Waals surface area contributed by atoms with Gasteiger partial charge in [0.05, 0.1) is 0 Å². The van der Waals surface area contributed by atoms with E-state index in [-0.39, 0.29) is 0 Å². The summed E-state index contributed by atoms with van der Waals surface area (Å²) in [6.07, 6.45) is 2.97. The fraction of sp³-hybridized carbons (Fsp3) is 0.583. The molecule has 0 fully saturated rings. The number of pyridine rings is 1. The van der Waals surface area contributed by atoms with Gasteiger partial charge < -0.3 is 10.2 Å². The zero-order valence-corrected chi connectivity index (χ0v) is 10.1. The predicted octanol–water partition coefficient (Wildman–Crippen LogP) is 2.14. The normalized spacial score (nSPS) is 12.9. The molecule has 0 spiro atoms. The molecule has 0 saturated heterocycles. The van der Waals surface area contributed by atoms with Crippen LogP contribution in [0.4, 0.5) is 5.82 Å². The highest BCUT2D eigenvalue weighted by Gasteiger charge is 2.03. The minimum atomic E-state index is 0.460. The van der Waals surface area contributed by atoms with Crippen molar-refractivity contribution in [3.05, 3.63) is 23.9 Å². The van der Waals surface area contributed by atoms with E-state index in [1.807, 2.05) is 12.3 Å². The molecule has 3 heteroatoms. The van der Waals surface area contributed by atoms with Crippen molar-refractivity contribution in [3.8, 4) is 0 Å². The first-order valence-corrected chi connectivity index (χ1v) is 5.42. The molecular weight excluding hydrogens is 186 g/mol. The molecule has 1 unspecified atom stereocenters. The molecule has 1 aromatic rings. The Morgan fingerprint density at radius 1 is 1.47 bits per heavy atom. The highest BCUT2D eigenvalue weighted by Crippen LogP contribution is 2.08. The lowest BCUT2D eigenvalue weighted by Crippen LogP contribution is -2.23. The summed E-state index contributed by atoms with van der Waals surface area (Å²) in [5, 5.41) is 3.40. The Labute approximate surface area is 92.5 Å². The maximum atomic E-state index is 4.28. The van der Waals surface area contributed by atoms with Gasteiger partial charge in [-0.1, -0.05) is 0 Å². The number of aryl methyl sites for hydroxylation is 1. The maximum absolute atomic E-state index is 4.28. The van der Waals surface area contributed by atoms with Gasteiger partial charge >= 0.3 is 0 Å². The van der Waals surface area contributed by atoms with Crippen LogP contribution >= 0.6 is 0 Å². The van der Waals surface area contributed by atoms with Gasteiger partial charge in [-0.2, -0.15) is 0 Å². The Hall–Kier alpha value is -1.09. The van der Waals surface area contributed by atoms with Gasteiger partial charge in [-0.15, -0.1) is 0 Å². The first-order valence-electron chi connectivity index (χ1n) is 5.42. The predicted molar refractivity (Wildman–Crippen MR) is 65.2 cm³/mol. The summed E-state index contributed by atoms with van der Waals surface area (Å²) in [7, 11) is 4.19. The van der Waals surface area contributed by atoms with Crippen LogP contribution in [0.15, 0.2) is 18.3 Å². The van der Waals surface area contributed by atoms with Gasteiger partial charge in [0.15, 0.2) is 0 Å². The smallest absolute Gasteiger partial charge is 0.126 e. The van der Waals surface area contributed by atoms with Crippen LogP contribution in [0, 0.1) is 6.92 Å². The van der Waals surface area contributed by atoms with Crippen molar-refractivity contribution in [3.63, 3.8) is 0 Å². The van der Waals surface area contributed by atoms with E-state index in [1.165, 1.54) is 5.56 Å². The summed E-state index contributed by atoms with van der Waals surface area (Å²) < 4.78 is 0. The Morgan fingerprint density at radius 2 is 2.20 bits per heavy atom. The molecule has 0 saturated carbocycles. The fourth-order valence-corrected chi connectivity index (χ4v) is 1.39. The zero-order chi connectivity index (χ0) is 11.3. The monoisotopic (exact) mass is 207 g/mol. The van der Waals surface area contributed by atoms with E-state index in [4.69, 9.17) is 0 Å². The molecule has 1 rings (SSSR count). The van der Waals surface area contributed by atoms with Gasteiger partial charge in [0.2, 0.25) is 0 Å². The van der Waals surface area contributed by atoms with Gasteiger partial charge in [0.1, 0.15) is 5.82 Å². The number of nitrogens with one attached hydrogen (secondary N) is 1. The molecule has 3 nitrogen and oxygen atoms in total. The fourth-order valence-electron chi connectivity index (χ4n) is 1.39. The van der Waals surface area contributed by atoms with Crippen molar-refractivity contribution in [1.82, 2.24) is 9.88 Å². The van der Waals surface area contributed by atoms with Crippen LogP contribution in [-0.2, 0) is 0 Å². The topological polar surface area (TPSA) is 28.2 Å². The standard InChI is InChI=1S/C12H21N3/c1-10-5-7-13-12(9-10)14-11(2)6-8-15(3)4/h5,7,9,11H,6,8H2,1-4H3,(H,13,14). The first kappa shape index (κ1) is 12.0. The van der Waals surface area contributed by atoms with E-state index in [1.54, 1.807) is 0 Å². The quantitative estimate of drug-likeness (QED) is 0.802. The average Bonchev–Trinajstić information content (AvgIpc) is 2.15. The molecule has 1 atom stereocenters. The SMILES string of the molecule is Cc1ccnc(NC(C)CCN(C)C)c1. The highest BCUT2D eigenvalue weighted by atomic mass is 15.1. The summed E-state index contributed by atoms with van der Waals surface area (Å²) in [4.78, 5) is 6.48. The molecule has 0 bridgehead atoms. The molecule has 84 valence electrons. The first-order chi connectivity index (χ1) is 7.08. The van der Waals surface area contributed by atoms with E-state index >= 15 is 0 Å². The summed E-state index contributed by atoms with van der Waals surface area (Å²) in [5.74, 6) is 0.973. The van der Waals surface area contributed by atoms with Gasteiger partial charge in [0.25, 0.3) is 0 Å². The van der Waals surface area contributed by atoms with Crippen molar-refractivity contribution in [2.24, 2.45) is 0 Å². The van der Waals surface area contributed by atoms with Crippen LogP contribution in [0.3, 0.4) is 0 Å². The largest absolute Gasteiger partial charge is 0.368 e. The van der Waals surface area contributed by atoms with Gasteiger partial charge in [-0.3, -0.25) is 0 Å². The Kier molecular flexibility index (Phi) is 4.56. The second-order valence-electron chi connectivity index (χ2n) is 4.36. The van der Waals surface area contributed by atoms with Crippen molar-refractivity contribution < 1.29 is 0 Å². The number of nitrogens with zero attached hydrogens (tertiary/aromatic N) is 2. The second kappa shape index (κ2) is 5.71. The van der Waals surface area contributed by atoms with Crippen molar-refractivity contribution >= 4 is 5.82 Å². The van der Waals surface area contributed by atoms with Crippen LogP contribution in [0.5, 0.6) is 0 Å². The minimum Gasteiger partial charge on any atom is -0.368 e. The molecule has 1 aromatic heterocycles. The van der Waals surface area contributed by atoms with Crippen molar-refractivity contribution in [2.45, 2.75) is 26.3 Å². The van der Waals surface area contributed by atoms with Crippen LogP contribution in [0.1, 0.15) is 18.9 Å². The molecule has 1 N–H and O–H groups in total. The summed E-state index contributed by atoms with van der Waals surface area (Å²) in [6.45, 7) is 5.37. The number of anilines is 1. The third kappa shape index (κ3) is 4.79. The van der Waals surface area contributed by atoms with Crippen LogP contribution in [-0.4, -0.2) is 36.6 Å². The summed E-state index contributed by atoms with van der Waals surface area (Å²) >= 11 is 0. The molecule has 0 aromatic carbocycles. The molecule has 0 aliphatic heterocycles.